The molecule has 0 N–H and O–H groups in total. The van der Waals surface area contributed by atoms with Crippen molar-refractivity contribution in [1.82, 2.24) is 0 Å². The van der Waals surface area contributed by atoms with Gasteiger partial charge in [-0.3, -0.25) is 0 Å². The molecular formula is C21H24O4. The van der Waals surface area contributed by atoms with Crippen molar-refractivity contribution in [2.45, 2.75) is 26.2 Å². The van der Waals surface area contributed by atoms with Crippen molar-refractivity contribution in [3.63, 3.8) is 0 Å². The first kappa shape index (κ1) is 18.7. The minimum Gasteiger partial charge on any atom is -0.462 e. The van der Waals surface area contributed by atoms with Crippen LogP contribution in [0.4, 0.5) is 0 Å². The maximum atomic E-state index is 12.1. The minimum atomic E-state index is -0.350. The van der Waals surface area contributed by atoms with Gasteiger partial charge in [0, 0.05) is 5.92 Å². The Morgan fingerprint density at radius 1 is 0.800 bits per heavy atom. The molecular weight excluding hydrogens is 316 g/mol. The number of unbranched alkanes of at least 4 members (excludes halogenated alkanes) is 1. The van der Waals surface area contributed by atoms with Crippen LogP contribution in [0.25, 0.3) is 0 Å². The molecule has 2 aromatic rings. The molecule has 25 heavy (non-hydrogen) atoms. The van der Waals surface area contributed by atoms with Crippen molar-refractivity contribution < 1.29 is 19.1 Å². The van der Waals surface area contributed by atoms with Crippen LogP contribution in [0.3, 0.4) is 0 Å². The zero-order valence-corrected chi connectivity index (χ0v) is 14.5. The number of ether oxygens (including phenoxy) is 2. The molecule has 0 saturated heterocycles. The fraction of sp³-hybridized carbons (Fsp3) is 0.333. The van der Waals surface area contributed by atoms with Gasteiger partial charge in [-0.1, -0.05) is 56.2 Å². The minimum absolute atomic E-state index is 0.000254. The highest BCUT2D eigenvalue weighted by Gasteiger charge is 2.16. The number of hydrogen-bond acceptors (Lipinski definition) is 4. The van der Waals surface area contributed by atoms with Crippen molar-refractivity contribution in [1.29, 1.82) is 0 Å². The average Bonchev–Trinajstić information content (AvgIpc) is 2.68. The van der Waals surface area contributed by atoms with E-state index in [-0.39, 0.29) is 31.1 Å². The average molecular weight is 340 g/mol. The third-order valence-corrected chi connectivity index (χ3v) is 3.89. The van der Waals surface area contributed by atoms with Crippen molar-refractivity contribution in [2.75, 3.05) is 13.2 Å². The highest BCUT2D eigenvalue weighted by molar-refractivity contribution is 5.89. The summed E-state index contributed by atoms with van der Waals surface area (Å²) in [7, 11) is 0. The zero-order chi connectivity index (χ0) is 17.9. The Morgan fingerprint density at radius 3 is 1.64 bits per heavy atom. The van der Waals surface area contributed by atoms with Crippen LogP contribution in [0.2, 0.25) is 0 Å². The van der Waals surface area contributed by atoms with E-state index in [9.17, 15) is 9.59 Å². The van der Waals surface area contributed by atoms with Crippen LogP contribution in [0, 0.1) is 5.92 Å². The molecule has 4 nitrogen and oxygen atoms in total. The van der Waals surface area contributed by atoms with Gasteiger partial charge in [0.2, 0.25) is 0 Å². The fourth-order valence-electron chi connectivity index (χ4n) is 2.41. The summed E-state index contributed by atoms with van der Waals surface area (Å²) < 4.78 is 10.8. The Balaban J connectivity index is 1.85. The quantitative estimate of drug-likeness (QED) is 0.630. The molecule has 2 rings (SSSR count). The molecule has 2 aromatic carbocycles. The SMILES string of the molecule is CCCCC(COC(=O)c1ccccc1)COC(=O)c1ccccc1. The third-order valence-electron chi connectivity index (χ3n) is 3.89. The van der Waals surface area contributed by atoms with E-state index >= 15 is 0 Å². The van der Waals surface area contributed by atoms with Gasteiger partial charge in [-0.25, -0.2) is 9.59 Å². The van der Waals surface area contributed by atoms with Crippen molar-refractivity contribution in [2.24, 2.45) is 5.92 Å². The molecule has 0 aliphatic heterocycles. The van der Waals surface area contributed by atoms with Gasteiger partial charge in [-0.05, 0) is 30.7 Å². The van der Waals surface area contributed by atoms with Gasteiger partial charge in [-0.15, -0.1) is 0 Å². The van der Waals surface area contributed by atoms with Crippen LogP contribution in [0.15, 0.2) is 60.7 Å². The maximum absolute atomic E-state index is 12.1. The largest absolute Gasteiger partial charge is 0.462 e. The lowest BCUT2D eigenvalue weighted by Gasteiger charge is -2.17. The van der Waals surface area contributed by atoms with Gasteiger partial charge in [-0.2, -0.15) is 0 Å². The number of benzene rings is 2. The molecule has 0 unspecified atom stereocenters. The molecule has 0 fully saturated rings. The summed E-state index contributed by atoms with van der Waals surface area (Å²) in [5, 5.41) is 0. The summed E-state index contributed by atoms with van der Waals surface area (Å²) in [6.07, 6.45) is 2.88. The molecule has 0 atom stereocenters. The first-order chi connectivity index (χ1) is 12.2. The molecule has 4 heteroatoms. The van der Waals surface area contributed by atoms with Crippen LogP contribution < -0.4 is 0 Å². The summed E-state index contributed by atoms with van der Waals surface area (Å²) in [6, 6.07) is 17.8. The molecule has 0 amide bonds. The van der Waals surface area contributed by atoms with E-state index in [1.165, 1.54) is 0 Å². The van der Waals surface area contributed by atoms with Crippen molar-refractivity contribution >= 4 is 11.9 Å². The van der Waals surface area contributed by atoms with Crippen LogP contribution in [-0.4, -0.2) is 25.2 Å². The van der Waals surface area contributed by atoms with Crippen LogP contribution >= 0.6 is 0 Å². The highest BCUT2D eigenvalue weighted by atomic mass is 16.5. The number of hydrogen-bond donors (Lipinski definition) is 0. The molecule has 0 bridgehead atoms. The van der Waals surface area contributed by atoms with E-state index in [1.54, 1.807) is 48.5 Å². The summed E-state index contributed by atoms with van der Waals surface area (Å²) in [5.41, 5.74) is 1.05. The second-order valence-corrected chi connectivity index (χ2v) is 5.94. The number of carbonyl (C=O) groups excluding carboxylic acids is 2. The topological polar surface area (TPSA) is 52.6 Å². The highest BCUT2D eigenvalue weighted by Crippen LogP contribution is 2.13. The van der Waals surface area contributed by atoms with Crippen molar-refractivity contribution in [3.8, 4) is 0 Å². The van der Waals surface area contributed by atoms with Crippen LogP contribution in [-0.2, 0) is 9.47 Å². The van der Waals surface area contributed by atoms with E-state index in [0.29, 0.717) is 11.1 Å². The fourth-order valence-corrected chi connectivity index (χ4v) is 2.41. The standard InChI is InChI=1S/C21H24O4/c1-2-3-10-17(15-24-20(22)18-11-6-4-7-12-18)16-25-21(23)19-13-8-5-9-14-19/h4-9,11-14,17H,2-3,10,15-16H2,1H3. The molecule has 0 aliphatic carbocycles. The number of carbonyl (C=O) groups is 2. The lowest BCUT2D eigenvalue weighted by Crippen LogP contribution is -2.21. The van der Waals surface area contributed by atoms with Gasteiger partial charge < -0.3 is 9.47 Å². The summed E-state index contributed by atoms with van der Waals surface area (Å²) in [6.45, 7) is 2.59. The Hall–Kier alpha value is -2.62. The zero-order valence-electron chi connectivity index (χ0n) is 14.5. The first-order valence-electron chi connectivity index (χ1n) is 8.65. The van der Waals surface area contributed by atoms with Gasteiger partial charge in [0.25, 0.3) is 0 Å². The third kappa shape index (κ3) is 6.42. The predicted molar refractivity (Wildman–Crippen MR) is 96.5 cm³/mol. The maximum Gasteiger partial charge on any atom is 0.338 e. The molecule has 0 aromatic heterocycles. The van der Waals surface area contributed by atoms with Gasteiger partial charge in [0.05, 0.1) is 24.3 Å². The van der Waals surface area contributed by atoms with Gasteiger partial charge >= 0.3 is 11.9 Å². The van der Waals surface area contributed by atoms with Crippen LogP contribution in [0.5, 0.6) is 0 Å². The second-order valence-electron chi connectivity index (χ2n) is 5.94. The molecule has 132 valence electrons. The number of rotatable bonds is 9. The molecule has 0 spiro atoms. The number of esters is 2. The Kier molecular flexibility index (Phi) is 7.70. The summed E-state index contributed by atoms with van der Waals surface area (Å²) >= 11 is 0. The smallest absolute Gasteiger partial charge is 0.338 e. The predicted octanol–water partition coefficient (Wildman–Crippen LogP) is 4.51. The Bertz CT molecular complexity index is 597. The van der Waals surface area contributed by atoms with E-state index < -0.39 is 0 Å². The Labute approximate surface area is 148 Å². The Morgan fingerprint density at radius 2 is 1.24 bits per heavy atom. The lowest BCUT2D eigenvalue weighted by molar-refractivity contribution is 0.0244. The lowest BCUT2D eigenvalue weighted by atomic mass is 10.0. The molecule has 0 heterocycles. The van der Waals surface area contributed by atoms with Crippen LogP contribution in [0.1, 0.15) is 46.9 Å². The van der Waals surface area contributed by atoms with E-state index in [0.717, 1.165) is 19.3 Å². The van der Waals surface area contributed by atoms with E-state index in [1.807, 2.05) is 12.1 Å². The monoisotopic (exact) mass is 340 g/mol. The first-order valence-corrected chi connectivity index (χ1v) is 8.65. The van der Waals surface area contributed by atoms with Gasteiger partial charge in [0.1, 0.15) is 0 Å². The normalized spacial score (nSPS) is 10.5. The molecule has 0 saturated carbocycles. The van der Waals surface area contributed by atoms with E-state index in [4.69, 9.17) is 9.47 Å². The van der Waals surface area contributed by atoms with Crippen molar-refractivity contribution in [3.05, 3.63) is 71.8 Å². The summed E-state index contributed by atoms with van der Waals surface area (Å²) in [5.74, 6) is -0.701. The second kappa shape index (κ2) is 10.3. The summed E-state index contributed by atoms with van der Waals surface area (Å²) in [4.78, 5) is 24.1. The molecule has 0 aliphatic rings. The molecule has 0 radical (unpaired) electrons. The van der Waals surface area contributed by atoms with E-state index in [2.05, 4.69) is 6.92 Å². The van der Waals surface area contributed by atoms with Gasteiger partial charge in [0.15, 0.2) is 0 Å².